The molecule has 250 valence electrons. The van der Waals surface area contributed by atoms with Gasteiger partial charge in [0.05, 0.1) is 13.2 Å². The van der Waals surface area contributed by atoms with E-state index in [1.807, 2.05) is 26.0 Å². The molecule has 0 saturated heterocycles. The Balaban J connectivity index is 0.000000284. The number of rotatable bonds is 11. The first-order valence-corrected chi connectivity index (χ1v) is 21.5. The van der Waals surface area contributed by atoms with Gasteiger partial charge in [0.15, 0.2) is 0 Å². The van der Waals surface area contributed by atoms with Gasteiger partial charge in [-0.05, 0) is 149 Å². The molecule has 0 amide bonds. The third-order valence-electron chi connectivity index (χ3n) is 8.61. The summed E-state index contributed by atoms with van der Waals surface area (Å²) in [5.41, 5.74) is 12.1. The van der Waals surface area contributed by atoms with Crippen molar-refractivity contribution in [3.05, 3.63) is 125 Å². The predicted molar refractivity (Wildman–Crippen MR) is 220 cm³/mol. The van der Waals surface area contributed by atoms with Crippen LogP contribution in [0.5, 0.6) is 11.5 Å². The van der Waals surface area contributed by atoms with Gasteiger partial charge in [-0.2, -0.15) is 0 Å². The molecule has 2 nitrogen and oxygen atoms in total. The highest BCUT2D eigenvalue weighted by molar-refractivity contribution is 14.1. The van der Waals surface area contributed by atoms with Gasteiger partial charge < -0.3 is 9.47 Å². The van der Waals surface area contributed by atoms with Crippen LogP contribution in [0.3, 0.4) is 0 Å². The van der Waals surface area contributed by atoms with E-state index >= 15 is 0 Å². The largest absolute Gasteiger partial charge is 0.494 e. The molecule has 0 aliphatic rings. The van der Waals surface area contributed by atoms with E-state index in [9.17, 15) is 0 Å². The fourth-order valence-electron chi connectivity index (χ4n) is 6.30. The summed E-state index contributed by atoms with van der Waals surface area (Å²) >= 11 is 9.54. The third kappa shape index (κ3) is 11.5. The molecule has 4 aromatic rings. The van der Waals surface area contributed by atoms with Crippen LogP contribution in [-0.4, -0.2) is 21.3 Å². The molecular formula is C41H49Br2IO2Si. The lowest BCUT2D eigenvalue weighted by molar-refractivity contribution is 0.340. The maximum absolute atomic E-state index is 5.57. The van der Waals surface area contributed by atoms with Crippen molar-refractivity contribution in [2.24, 2.45) is 0 Å². The molecule has 0 aliphatic carbocycles. The predicted octanol–water partition coefficient (Wildman–Crippen LogP) is 13.1. The second kappa shape index (κ2) is 19.2. The highest BCUT2D eigenvalue weighted by atomic mass is 127. The van der Waals surface area contributed by atoms with Gasteiger partial charge in [-0.3, -0.25) is 0 Å². The lowest BCUT2D eigenvalue weighted by Gasteiger charge is -2.38. The van der Waals surface area contributed by atoms with E-state index in [1.165, 1.54) is 25.8 Å². The lowest BCUT2D eigenvalue weighted by atomic mass is 10.0. The van der Waals surface area contributed by atoms with Crippen LogP contribution in [0.1, 0.15) is 83.2 Å². The molecule has 47 heavy (non-hydrogen) atoms. The van der Waals surface area contributed by atoms with Gasteiger partial charge >= 0.3 is 0 Å². The van der Waals surface area contributed by atoms with E-state index in [-0.39, 0.29) is 0 Å². The smallest absolute Gasteiger partial charge is 0.146 e. The molecular weight excluding hydrogens is 839 g/mol. The molecule has 6 heteroatoms. The van der Waals surface area contributed by atoms with Gasteiger partial charge in [-0.15, -0.1) is 5.54 Å². The van der Waals surface area contributed by atoms with E-state index in [0.717, 1.165) is 38.8 Å². The molecule has 0 saturated carbocycles. The van der Waals surface area contributed by atoms with Crippen LogP contribution in [0.2, 0.25) is 16.6 Å². The van der Waals surface area contributed by atoms with Crippen molar-refractivity contribution in [1.82, 2.24) is 0 Å². The first-order valence-electron chi connectivity index (χ1n) is 16.6. The summed E-state index contributed by atoms with van der Waals surface area (Å²) in [7, 11) is -1.74. The Morgan fingerprint density at radius 3 is 1.49 bits per heavy atom. The lowest BCUT2D eigenvalue weighted by Crippen LogP contribution is -2.43. The monoisotopic (exact) mass is 886 g/mol. The molecule has 0 bridgehead atoms. The van der Waals surface area contributed by atoms with Gasteiger partial charge in [-0.1, -0.05) is 104 Å². The number of halogens is 3. The van der Waals surface area contributed by atoms with E-state index in [1.54, 1.807) is 0 Å². The standard InChI is InChI=1S/C26H35BrOSi.C15H14BrIO/c1-8-28-26-13-9-22(10-14-26)17-24-18-25(27)12-11-23(24)15-16-29(19(2)3,20(4)5)21(6)7;1-2-18-14-6-3-11(4-7-14)9-12-10-13(16)5-8-15(12)17/h9-14,18-21H,8,17H2,1-7H3;3-8,10H,2,9H2,1H3. The molecule has 0 fully saturated rings. The Morgan fingerprint density at radius 1 is 0.617 bits per heavy atom. The van der Waals surface area contributed by atoms with Crippen LogP contribution in [0.15, 0.2) is 93.9 Å². The first kappa shape index (κ1) is 39.4. The van der Waals surface area contributed by atoms with Crippen molar-refractivity contribution in [2.75, 3.05) is 13.2 Å². The number of hydrogen-bond donors (Lipinski definition) is 0. The van der Waals surface area contributed by atoms with Crippen molar-refractivity contribution in [3.8, 4) is 23.0 Å². The maximum atomic E-state index is 5.57. The average Bonchev–Trinajstić information content (AvgIpc) is 3.02. The summed E-state index contributed by atoms with van der Waals surface area (Å²) in [4.78, 5) is 0. The van der Waals surface area contributed by atoms with Crippen LogP contribution in [0.4, 0.5) is 0 Å². The van der Waals surface area contributed by atoms with Crippen molar-refractivity contribution >= 4 is 62.5 Å². The highest BCUT2D eigenvalue weighted by Gasteiger charge is 2.41. The zero-order valence-electron chi connectivity index (χ0n) is 29.1. The number of hydrogen-bond acceptors (Lipinski definition) is 2. The quantitative estimate of drug-likeness (QED) is 0.0849. The van der Waals surface area contributed by atoms with Gasteiger partial charge in [0, 0.05) is 18.1 Å². The number of benzene rings is 4. The van der Waals surface area contributed by atoms with Crippen molar-refractivity contribution in [2.45, 2.75) is 84.9 Å². The SMILES string of the molecule is CCOc1ccc(Cc2cc(Br)ccc2C#C[Si](C(C)C)(C(C)C)C(C)C)cc1.CCOc1ccc(Cc2cc(Br)ccc2I)cc1. The summed E-state index contributed by atoms with van der Waals surface area (Å²) in [6, 6.07) is 29.6. The van der Waals surface area contributed by atoms with E-state index in [2.05, 4.69) is 180 Å². The summed E-state index contributed by atoms with van der Waals surface area (Å²) in [5.74, 6) is 5.50. The first-order chi connectivity index (χ1) is 22.4. The molecule has 0 aromatic heterocycles. The minimum Gasteiger partial charge on any atom is -0.494 e. The van der Waals surface area contributed by atoms with Gasteiger partial charge in [-0.25, -0.2) is 0 Å². The summed E-state index contributed by atoms with van der Waals surface area (Å²) in [6.45, 7) is 19.6. The summed E-state index contributed by atoms with van der Waals surface area (Å²) < 4.78 is 14.5. The Labute approximate surface area is 315 Å². The normalized spacial score (nSPS) is 11.2. The van der Waals surface area contributed by atoms with Crippen LogP contribution >= 0.6 is 54.5 Å². The average molecular weight is 889 g/mol. The van der Waals surface area contributed by atoms with Gasteiger partial charge in [0.2, 0.25) is 0 Å². The molecule has 0 unspecified atom stereocenters. The minimum atomic E-state index is -1.74. The Bertz CT molecular complexity index is 1600. The third-order valence-corrected chi connectivity index (χ3v) is 16.9. The van der Waals surface area contributed by atoms with E-state index < -0.39 is 8.07 Å². The molecule has 0 radical (unpaired) electrons. The second-order valence-electron chi connectivity index (χ2n) is 12.7. The van der Waals surface area contributed by atoms with Crippen molar-refractivity contribution in [3.63, 3.8) is 0 Å². The molecule has 4 rings (SSSR count). The van der Waals surface area contributed by atoms with Crippen LogP contribution in [0.25, 0.3) is 0 Å². The Hall–Kier alpha value is -2.05. The molecule has 0 aliphatic heterocycles. The molecule has 0 N–H and O–H groups in total. The zero-order valence-corrected chi connectivity index (χ0v) is 35.4. The Morgan fingerprint density at radius 2 is 1.04 bits per heavy atom. The van der Waals surface area contributed by atoms with E-state index in [4.69, 9.17) is 9.47 Å². The molecule has 0 atom stereocenters. The fourth-order valence-corrected chi connectivity index (χ4v) is 12.9. The zero-order chi connectivity index (χ0) is 34.6. The fraction of sp³-hybridized carbons (Fsp3) is 0.366. The minimum absolute atomic E-state index is 0.639. The van der Waals surface area contributed by atoms with Crippen LogP contribution < -0.4 is 9.47 Å². The van der Waals surface area contributed by atoms with Gasteiger partial charge in [0.1, 0.15) is 19.6 Å². The van der Waals surface area contributed by atoms with E-state index in [0.29, 0.717) is 29.8 Å². The van der Waals surface area contributed by atoms with Crippen molar-refractivity contribution in [1.29, 1.82) is 0 Å². The Kier molecular flexibility index (Phi) is 16.1. The summed E-state index contributed by atoms with van der Waals surface area (Å²) in [6.07, 6.45) is 1.82. The van der Waals surface area contributed by atoms with Crippen LogP contribution in [-0.2, 0) is 12.8 Å². The molecule has 4 aromatic carbocycles. The van der Waals surface area contributed by atoms with Crippen molar-refractivity contribution < 1.29 is 9.47 Å². The summed E-state index contributed by atoms with van der Waals surface area (Å²) in [5, 5.41) is 0. The second-order valence-corrected chi connectivity index (χ2v) is 21.3. The van der Waals surface area contributed by atoms with Gasteiger partial charge in [0.25, 0.3) is 0 Å². The number of ether oxygens (including phenoxy) is 2. The topological polar surface area (TPSA) is 18.5 Å². The maximum Gasteiger partial charge on any atom is 0.146 e. The molecule has 0 heterocycles. The van der Waals surface area contributed by atoms with Crippen LogP contribution in [0, 0.1) is 15.0 Å². The molecule has 0 spiro atoms. The highest BCUT2D eigenvalue weighted by Crippen LogP contribution is 2.41.